The van der Waals surface area contributed by atoms with Crippen molar-refractivity contribution in [2.75, 3.05) is 11.9 Å². The van der Waals surface area contributed by atoms with E-state index in [9.17, 15) is 0 Å². The molecule has 2 nitrogen and oxygen atoms in total. The van der Waals surface area contributed by atoms with Gasteiger partial charge >= 0.3 is 0 Å². The molecule has 0 saturated carbocycles. The summed E-state index contributed by atoms with van der Waals surface area (Å²) in [5, 5.41) is 3.42. The Balaban J connectivity index is 1.96. The summed E-state index contributed by atoms with van der Waals surface area (Å²) >= 11 is 3.54. The topological polar surface area (TPSA) is 21.3 Å². The van der Waals surface area contributed by atoms with Crippen LogP contribution in [0.15, 0.2) is 46.9 Å². The van der Waals surface area contributed by atoms with Gasteiger partial charge in [-0.3, -0.25) is 0 Å². The van der Waals surface area contributed by atoms with Gasteiger partial charge in [0.2, 0.25) is 0 Å². The second-order valence-corrected chi connectivity index (χ2v) is 5.31. The first kappa shape index (κ1) is 11.6. The Kier molecular flexibility index (Phi) is 3.00. The van der Waals surface area contributed by atoms with Crippen LogP contribution in [0.3, 0.4) is 0 Å². The number of nitrogens with one attached hydrogen (secondary N) is 1. The summed E-state index contributed by atoms with van der Waals surface area (Å²) in [6.07, 6.45) is 0.0670. The highest BCUT2D eigenvalue weighted by molar-refractivity contribution is 9.10. The van der Waals surface area contributed by atoms with Crippen LogP contribution < -0.4 is 10.1 Å². The van der Waals surface area contributed by atoms with Crippen molar-refractivity contribution in [2.45, 2.75) is 13.0 Å². The molecule has 18 heavy (non-hydrogen) atoms. The molecule has 3 heteroatoms. The maximum absolute atomic E-state index is 6.12. The number of hydrogen-bond donors (Lipinski definition) is 1. The molecule has 1 heterocycles. The van der Waals surface area contributed by atoms with E-state index in [1.807, 2.05) is 18.2 Å². The molecular weight excluding hydrogens is 290 g/mol. The monoisotopic (exact) mass is 303 g/mol. The minimum absolute atomic E-state index is 0.0670. The highest BCUT2D eigenvalue weighted by atomic mass is 79.9. The van der Waals surface area contributed by atoms with Gasteiger partial charge < -0.3 is 10.1 Å². The lowest BCUT2D eigenvalue weighted by molar-refractivity contribution is 0.208. The fourth-order valence-electron chi connectivity index (χ4n) is 2.28. The summed E-state index contributed by atoms with van der Waals surface area (Å²) in [5.41, 5.74) is 3.56. The summed E-state index contributed by atoms with van der Waals surface area (Å²) in [7, 11) is 0. The van der Waals surface area contributed by atoms with Crippen molar-refractivity contribution in [1.82, 2.24) is 0 Å². The van der Waals surface area contributed by atoms with Crippen LogP contribution in [0.2, 0.25) is 0 Å². The predicted octanol–water partition coefficient (Wildman–Crippen LogP) is 4.30. The number of aryl methyl sites for hydroxylation is 1. The van der Waals surface area contributed by atoms with Crippen LogP contribution in [-0.2, 0) is 0 Å². The highest BCUT2D eigenvalue weighted by Gasteiger charge is 2.23. The first-order valence-electron chi connectivity index (χ1n) is 6.00. The van der Waals surface area contributed by atoms with Crippen LogP contribution >= 0.6 is 15.9 Å². The maximum atomic E-state index is 6.12. The summed E-state index contributed by atoms with van der Waals surface area (Å²) in [5.74, 6) is 0.900. The van der Waals surface area contributed by atoms with Gasteiger partial charge in [-0.2, -0.15) is 0 Å². The van der Waals surface area contributed by atoms with Crippen LogP contribution in [0.4, 0.5) is 5.69 Å². The molecule has 92 valence electrons. The molecule has 0 fully saturated rings. The van der Waals surface area contributed by atoms with Gasteiger partial charge in [0.15, 0.2) is 5.75 Å². The Morgan fingerprint density at radius 1 is 1.17 bits per heavy atom. The fraction of sp³-hybridized carbons (Fsp3) is 0.200. The van der Waals surface area contributed by atoms with E-state index in [4.69, 9.17) is 4.74 Å². The molecule has 0 spiro atoms. The molecule has 0 aromatic heterocycles. The average molecular weight is 304 g/mol. The number of rotatable bonds is 1. The number of halogens is 1. The van der Waals surface area contributed by atoms with E-state index in [0.29, 0.717) is 0 Å². The van der Waals surface area contributed by atoms with Crippen molar-refractivity contribution in [3.63, 3.8) is 0 Å². The molecule has 3 rings (SSSR count). The third kappa shape index (κ3) is 1.99. The SMILES string of the molecule is Cc1ccccc1C1CNc2cccc(Br)c2O1. The van der Waals surface area contributed by atoms with Crippen LogP contribution in [0, 0.1) is 6.92 Å². The zero-order valence-electron chi connectivity index (χ0n) is 10.1. The molecule has 2 aromatic carbocycles. The Bertz CT molecular complexity index is 582. The first-order chi connectivity index (χ1) is 8.75. The van der Waals surface area contributed by atoms with E-state index >= 15 is 0 Å². The van der Waals surface area contributed by atoms with Crippen molar-refractivity contribution in [2.24, 2.45) is 0 Å². The van der Waals surface area contributed by atoms with Crippen molar-refractivity contribution < 1.29 is 4.74 Å². The Hall–Kier alpha value is -1.48. The molecule has 0 saturated heterocycles. The van der Waals surface area contributed by atoms with Crippen molar-refractivity contribution in [1.29, 1.82) is 0 Å². The third-order valence-corrected chi connectivity index (χ3v) is 3.86. The number of fused-ring (bicyclic) bond motifs is 1. The molecule has 0 amide bonds. The van der Waals surface area contributed by atoms with E-state index in [2.05, 4.69) is 52.4 Å². The van der Waals surface area contributed by atoms with Crippen molar-refractivity contribution in [3.05, 3.63) is 58.1 Å². The van der Waals surface area contributed by atoms with E-state index in [1.165, 1.54) is 11.1 Å². The molecule has 1 atom stereocenters. The lowest BCUT2D eigenvalue weighted by Gasteiger charge is -2.29. The molecule has 0 radical (unpaired) electrons. The number of ether oxygens (including phenoxy) is 1. The fourth-order valence-corrected chi connectivity index (χ4v) is 2.74. The molecule has 0 aliphatic carbocycles. The van der Waals surface area contributed by atoms with Gasteiger partial charge in [0, 0.05) is 0 Å². The van der Waals surface area contributed by atoms with Crippen molar-refractivity contribution >= 4 is 21.6 Å². The molecule has 0 bridgehead atoms. The van der Waals surface area contributed by atoms with Crippen LogP contribution in [0.5, 0.6) is 5.75 Å². The molecule has 1 N–H and O–H groups in total. The zero-order chi connectivity index (χ0) is 12.5. The minimum atomic E-state index is 0.0670. The van der Waals surface area contributed by atoms with Gasteiger partial charge in [-0.1, -0.05) is 30.3 Å². The maximum Gasteiger partial charge on any atom is 0.157 e. The lowest BCUT2D eigenvalue weighted by atomic mass is 10.0. The van der Waals surface area contributed by atoms with Crippen LogP contribution in [0.25, 0.3) is 0 Å². The third-order valence-electron chi connectivity index (χ3n) is 3.24. The average Bonchev–Trinajstić information content (AvgIpc) is 2.40. The quantitative estimate of drug-likeness (QED) is 0.848. The minimum Gasteiger partial charge on any atom is -0.481 e. The summed E-state index contributed by atoms with van der Waals surface area (Å²) in [6.45, 7) is 2.92. The van der Waals surface area contributed by atoms with Gasteiger partial charge in [0.1, 0.15) is 6.10 Å². The summed E-state index contributed by atoms with van der Waals surface area (Å²) in [6, 6.07) is 14.4. The number of anilines is 1. The van der Waals surface area contributed by atoms with Gasteiger partial charge in [0.25, 0.3) is 0 Å². The highest BCUT2D eigenvalue weighted by Crippen LogP contribution is 2.40. The number of hydrogen-bond acceptors (Lipinski definition) is 2. The molecule has 1 aliphatic rings. The summed E-state index contributed by atoms with van der Waals surface area (Å²) in [4.78, 5) is 0. The molecular formula is C15H14BrNO. The Labute approximate surface area is 115 Å². The summed E-state index contributed by atoms with van der Waals surface area (Å²) < 4.78 is 7.11. The number of benzene rings is 2. The largest absolute Gasteiger partial charge is 0.481 e. The van der Waals surface area contributed by atoms with Crippen molar-refractivity contribution in [3.8, 4) is 5.75 Å². The second-order valence-electron chi connectivity index (χ2n) is 4.46. The predicted molar refractivity (Wildman–Crippen MR) is 77.2 cm³/mol. The van der Waals surface area contributed by atoms with E-state index in [1.54, 1.807) is 0 Å². The second kappa shape index (κ2) is 4.65. The Morgan fingerprint density at radius 2 is 2.00 bits per heavy atom. The standard InChI is InChI=1S/C15H14BrNO/c1-10-5-2-3-6-11(10)14-9-17-13-8-4-7-12(16)15(13)18-14/h2-8,14,17H,9H2,1H3. The zero-order valence-corrected chi connectivity index (χ0v) is 11.7. The first-order valence-corrected chi connectivity index (χ1v) is 6.79. The molecule has 1 aliphatic heterocycles. The molecule has 2 aromatic rings. The van der Waals surface area contributed by atoms with Crippen LogP contribution in [0.1, 0.15) is 17.2 Å². The van der Waals surface area contributed by atoms with Gasteiger partial charge in [-0.05, 0) is 46.1 Å². The normalized spacial score (nSPS) is 17.6. The smallest absolute Gasteiger partial charge is 0.157 e. The number of para-hydroxylation sites is 1. The van der Waals surface area contributed by atoms with Gasteiger partial charge in [-0.25, -0.2) is 0 Å². The van der Waals surface area contributed by atoms with Gasteiger partial charge in [-0.15, -0.1) is 0 Å². The van der Waals surface area contributed by atoms with Gasteiger partial charge in [0.05, 0.1) is 16.7 Å². The van der Waals surface area contributed by atoms with Crippen LogP contribution in [-0.4, -0.2) is 6.54 Å². The van der Waals surface area contributed by atoms with E-state index in [-0.39, 0.29) is 6.10 Å². The van der Waals surface area contributed by atoms with E-state index < -0.39 is 0 Å². The lowest BCUT2D eigenvalue weighted by Crippen LogP contribution is -2.24. The van der Waals surface area contributed by atoms with E-state index in [0.717, 1.165) is 22.5 Å². The Morgan fingerprint density at radius 3 is 2.83 bits per heavy atom. The molecule has 1 unspecified atom stereocenters.